The number of fused-ring (bicyclic) bond motifs is 1. The predicted octanol–water partition coefficient (Wildman–Crippen LogP) is 2.58. The molecule has 2 heteroatoms. The standard InChI is InChI=1S/C13H14O2/c1-2-15-13(14)9-10-7-11-5-3-4-6-12(11)8-10/h3-7H,2,8-9H2,1H3. The smallest absolute Gasteiger partial charge is 0.309 e. The van der Waals surface area contributed by atoms with Gasteiger partial charge in [0.05, 0.1) is 13.0 Å². The zero-order valence-corrected chi connectivity index (χ0v) is 8.82. The Labute approximate surface area is 89.6 Å². The minimum absolute atomic E-state index is 0.128. The summed E-state index contributed by atoms with van der Waals surface area (Å²) in [6.45, 7) is 2.29. The fraction of sp³-hybridized carbons (Fsp3) is 0.308. The summed E-state index contributed by atoms with van der Waals surface area (Å²) in [7, 11) is 0. The van der Waals surface area contributed by atoms with Crippen molar-refractivity contribution in [3.05, 3.63) is 41.0 Å². The van der Waals surface area contributed by atoms with Crippen LogP contribution in [-0.2, 0) is 16.0 Å². The highest BCUT2D eigenvalue weighted by molar-refractivity contribution is 5.77. The van der Waals surface area contributed by atoms with Gasteiger partial charge in [-0.3, -0.25) is 4.79 Å². The number of rotatable bonds is 3. The maximum absolute atomic E-state index is 11.3. The van der Waals surface area contributed by atoms with E-state index >= 15 is 0 Å². The molecule has 0 atom stereocenters. The summed E-state index contributed by atoms with van der Waals surface area (Å²) < 4.78 is 4.92. The molecule has 1 aromatic carbocycles. The van der Waals surface area contributed by atoms with E-state index in [2.05, 4.69) is 18.2 Å². The third-order valence-electron chi connectivity index (χ3n) is 2.51. The summed E-state index contributed by atoms with van der Waals surface area (Å²) >= 11 is 0. The van der Waals surface area contributed by atoms with Crippen LogP contribution in [0.2, 0.25) is 0 Å². The molecule has 15 heavy (non-hydrogen) atoms. The lowest BCUT2D eigenvalue weighted by molar-refractivity contribution is -0.142. The lowest BCUT2D eigenvalue weighted by Gasteiger charge is -2.01. The molecule has 1 aliphatic carbocycles. The molecule has 2 nitrogen and oxygen atoms in total. The molecule has 0 spiro atoms. The topological polar surface area (TPSA) is 26.3 Å². The van der Waals surface area contributed by atoms with Crippen LogP contribution in [0.3, 0.4) is 0 Å². The van der Waals surface area contributed by atoms with Crippen LogP contribution in [-0.4, -0.2) is 12.6 Å². The predicted molar refractivity (Wildman–Crippen MR) is 59.4 cm³/mol. The molecule has 0 unspecified atom stereocenters. The van der Waals surface area contributed by atoms with Crippen molar-refractivity contribution in [2.75, 3.05) is 6.61 Å². The number of benzene rings is 1. The number of hydrogen-bond donors (Lipinski definition) is 0. The quantitative estimate of drug-likeness (QED) is 0.704. The van der Waals surface area contributed by atoms with Gasteiger partial charge in [-0.15, -0.1) is 0 Å². The minimum atomic E-state index is -0.128. The Hall–Kier alpha value is -1.57. The lowest BCUT2D eigenvalue weighted by atomic mass is 10.1. The van der Waals surface area contributed by atoms with Gasteiger partial charge >= 0.3 is 5.97 Å². The second kappa shape index (κ2) is 4.30. The Morgan fingerprint density at radius 3 is 2.93 bits per heavy atom. The van der Waals surface area contributed by atoms with Gasteiger partial charge in [-0.2, -0.15) is 0 Å². The summed E-state index contributed by atoms with van der Waals surface area (Å²) in [5, 5.41) is 0. The first-order chi connectivity index (χ1) is 7.29. The minimum Gasteiger partial charge on any atom is -0.466 e. The van der Waals surface area contributed by atoms with Gasteiger partial charge in [0.25, 0.3) is 0 Å². The van der Waals surface area contributed by atoms with E-state index in [1.165, 1.54) is 11.1 Å². The van der Waals surface area contributed by atoms with Crippen LogP contribution in [0, 0.1) is 0 Å². The van der Waals surface area contributed by atoms with Crippen molar-refractivity contribution in [3.8, 4) is 0 Å². The van der Waals surface area contributed by atoms with Gasteiger partial charge in [0.1, 0.15) is 0 Å². The Bertz CT molecular complexity index is 405. The normalized spacial score (nSPS) is 13.3. The molecular formula is C13H14O2. The molecule has 0 amide bonds. The van der Waals surface area contributed by atoms with Crippen molar-refractivity contribution in [3.63, 3.8) is 0 Å². The fourth-order valence-electron chi connectivity index (χ4n) is 1.86. The number of hydrogen-bond acceptors (Lipinski definition) is 2. The summed E-state index contributed by atoms with van der Waals surface area (Å²) in [4.78, 5) is 11.3. The molecule has 0 aliphatic heterocycles. The Kier molecular flexibility index (Phi) is 2.86. The average molecular weight is 202 g/mol. The first-order valence-corrected chi connectivity index (χ1v) is 5.22. The lowest BCUT2D eigenvalue weighted by Crippen LogP contribution is -2.04. The van der Waals surface area contributed by atoms with Crippen LogP contribution in [0.15, 0.2) is 29.8 Å². The molecule has 0 radical (unpaired) electrons. The van der Waals surface area contributed by atoms with Gasteiger partial charge in [-0.05, 0) is 24.5 Å². The Balaban J connectivity index is 2.02. The van der Waals surface area contributed by atoms with Crippen molar-refractivity contribution in [2.45, 2.75) is 19.8 Å². The van der Waals surface area contributed by atoms with Crippen LogP contribution in [0.5, 0.6) is 0 Å². The van der Waals surface area contributed by atoms with Crippen LogP contribution in [0.25, 0.3) is 6.08 Å². The summed E-state index contributed by atoms with van der Waals surface area (Å²) in [6, 6.07) is 8.22. The monoisotopic (exact) mass is 202 g/mol. The largest absolute Gasteiger partial charge is 0.466 e. The van der Waals surface area contributed by atoms with E-state index in [1.54, 1.807) is 0 Å². The van der Waals surface area contributed by atoms with Crippen LogP contribution < -0.4 is 0 Å². The van der Waals surface area contributed by atoms with Crippen LogP contribution >= 0.6 is 0 Å². The van der Waals surface area contributed by atoms with Crippen molar-refractivity contribution in [2.24, 2.45) is 0 Å². The second-order valence-electron chi connectivity index (χ2n) is 3.66. The molecule has 0 N–H and O–H groups in total. The van der Waals surface area contributed by atoms with Gasteiger partial charge in [0.2, 0.25) is 0 Å². The molecule has 1 aliphatic rings. The van der Waals surface area contributed by atoms with E-state index in [-0.39, 0.29) is 5.97 Å². The first-order valence-electron chi connectivity index (χ1n) is 5.22. The SMILES string of the molecule is CCOC(=O)CC1=Cc2ccccc2C1. The molecule has 0 saturated carbocycles. The van der Waals surface area contributed by atoms with E-state index in [9.17, 15) is 4.79 Å². The van der Waals surface area contributed by atoms with E-state index in [0.29, 0.717) is 13.0 Å². The molecule has 0 heterocycles. The number of carbonyl (C=O) groups is 1. The van der Waals surface area contributed by atoms with E-state index in [4.69, 9.17) is 4.74 Å². The van der Waals surface area contributed by atoms with Crippen molar-refractivity contribution in [1.82, 2.24) is 0 Å². The third-order valence-corrected chi connectivity index (χ3v) is 2.51. The summed E-state index contributed by atoms with van der Waals surface area (Å²) in [5.74, 6) is -0.128. The molecule has 0 saturated heterocycles. The van der Waals surface area contributed by atoms with E-state index in [0.717, 1.165) is 12.0 Å². The highest BCUT2D eigenvalue weighted by Crippen LogP contribution is 2.26. The summed E-state index contributed by atoms with van der Waals surface area (Å²) in [6.07, 6.45) is 3.39. The molecule has 0 bridgehead atoms. The number of esters is 1. The first kappa shape index (κ1) is 9.97. The maximum atomic E-state index is 11.3. The highest BCUT2D eigenvalue weighted by Gasteiger charge is 2.14. The van der Waals surface area contributed by atoms with Crippen molar-refractivity contribution >= 4 is 12.0 Å². The van der Waals surface area contributed by atoms with Crippen LogP contribution in [0.4, 0.5) is 0 Å². The van der Waals surface area contributed by atoms with Crippen molar-refractivity contribution < 1.29 is 9.53 Å². The van der Waals surface area contributed by atoms with Gasteiger partial charge < -0.3 is 4.74 Å². The van der Waals surface area contributed by atoms with Gasteiger partial charge in [0, 0.05) is 0 Å². The average Bonchev–Trinajstić information content (AvgIpc) is 2.59. The maximum Gasteiger partial charge on any atom is 0.309 e. The highest BCUT2D eigenvalue weighted by atomic mass is 16.5. The zero-order chi connectivity index (χ0) is 10.7. The van der Waals surface area contributed by atoms with Crippen LogP contribution in [0.1, 0.15) is 24.5 Å². The molecule has 2 rings (SSSR count). The second-order valence-corrected chi connectivity index (χ2v) is 3.66. The number of carbonyl (C=O) groups excluding carboxylic acids is 1. The molecule has 0 fully saturated rings. The number of ether oxygens (including phenoxy) is 1. The van der Waals surface area contributed by atoms with E-state index in [1.807, 2.05) is 19.1 Å². The zero-order valence-electron chi connectivity index (χ0n) is 8.82. The Morgan fingerprint density at radius 1 is 1.40 bits per heavy atom. The molecule has 78 valence electrons. The van der Waals surface area contributed by atoms with Gasteiger partial charge in [-0.25, -0.2) is 0 Å². The molecule has 0 aromatic heterocycles. The summed E-state index contributed by atoms with van der Waals surface area (Å²) in [5.41, 5.74) is 3.68. The molecule has 1 aromatic rings. The third kappa shape index (κ3) is 2.27. The van der Waals surface area contributed by atoms with Gasteiger partial charge in [-0.1, -0.05) is 35.9 Å². The van der Waals surface area contributed by atoms with E-state index < -0.39 is 0 Å². The fourth-order valence-corrected chi connectivity index (χ4v) is 1.86. The Morgan fingerprint density at radius 2 is 2.20 bits per heavy atom. The van der Waals surface area contributed by atoms with Gasteiger partial charge in [0.15, 0.2) is 0 Å². The molecular weight excluding hydrogens is 188 g/mol. The van der Waals surface area contributed by atoms with Crippen molar-refractivity contribution in [1.29, 1.82) is 0 Å².